The first-order chi connectivity index (χ1) is 5.04. The molecule has 0 bridgehead atoms. The van der Waals surface area contributed by atoms with Gasteiger partial charge in [0.1, 0.15) is 5.82 Å². The van der Waals surface area contributed by atoms with Crippen molar-refractivity contribution in [3.05, 3.63) is 31.1 Å². The number of halogens is 5. The highest BCUT2D eigenvalue weighted by Crippen LogP contribution is 2.32. The monoisotopic (exact) mass is 348 g/mol. The molecule has 5 heteroatoms. The molecule has 0 radical (unpaired) electrons. The van der Waals surface area contributed by atoms with Gasteiger partial charge in [-0.3, -0.25) is 0 Å². The lowest BCUT2D eigenvalue weighted by Gasteiger charge is -2.00. The molecule has 0 unspecified atom stereocenters. The van der Waals surface area contributed by atoms with Crippen LogP contribution in [0.1, 0.15) is 0 Å². The summed E-state index contributed by atoms with van der Waals surface area (Å²) in [6.07, 6.45) is 0. The molecule has 0 aliphatic rings. The van der Waals surface area contributed by atoms with E-state index < -0.39 is 11.6 Å². The second kappa shape index (κ2) is 3.49. The van der Waals surface area contributed by atoms with Crippen LogP contribution in [-0.2, 0) is 0 Å². The largest absolute Gasteiger partial charge is 0.206 e. The van der Waals surface area contributed by atoms with E-state index in [1.807, 2.05) is 0 Å². The summed E-state index contributed by atoms with van der Waals surface area (Å²) >= 11 is 8.69. The average Bonchev–Trinajstić information content (AvgIpc) is 1.97. The van der Waals surface area contributed by atoms with Crippen LogP contribution in [0.3, 0.4) is 0 Å². The number of rotatable bonds is 0. The normalized spacial score (nSPS) is 10.3. The van der Waals surface area contributed by atoms with Crippen molar-refractivity contribution >= 4 is 47.8 Å². The molecule has 0 amide bonds. The molecule has 0 spiro atoms. The quantitative estimate of drug-likeness (QED) is 0.484. The fraction of sp³-hybridized carbons (Fsp3) is 0. The van der Waals surface area contributed by atoms with Gasteiger partial charge in [0.2, 0.25) is 0 Å². The molecule has 1 rings (SSSR count). The SMILES string of the molecule is Fc1cc(Br)c(Br)c(F)c1Br. The molecule has 0 atom stereocenters. The summed E-state index contributed by atoms with van der Waals surface area (Å²) in [5.74, 6) is -1.27. The second-order valence-corrected chi connectivity index (χ2v) is 4.22. The van der Waals surface area contributed by atoms with Gasteiger partial charge >= 0.3 is 0 Å². The molecular weight excluding hydrogens is 350 g/mol. The smallest absolute Gasteiger partial charge is 0.155 e. The Morgan fingerprint density at radius 1 is 1.00 bits per heavy atom. The summed E-state index contributed by atoms with van der Waals surface area (Å²) in [5, 5.41) is 0. The predicted octanol–water partition coefficient (Wildman–Crippen LogP) is 4.25. The molecule has 0 saturated heterocycles. The topological polar surface area (TPSA) is 0 Å². The van der Waals surface area contributed by atoms with Gasteiger partial charge in [-0.2, -0.15) is 0 Å². The summed E-state index contributed by atoms with van der Waals surface area (Å²) in [4.78, 5) is 0. The maximum Gasteiger partial charge on any atom is 0.155 e. The van der Waals surface area contributed by atoms with Gasteiger partial charge in [0.05, 0.1) is 8.95 Å². The summed E-state index contributed by atoms with van der Waals surface area (Å²) < 4.78 is 26.0. The van der Waals surface area contributed by atoms with Crippen molar-refractivity contribution in [1.82, 2.24) is 0 Å². The van der Waals surface area contributed by atoms with Gasteiger partial charge in [-0.05, 0) is 53.9 Å². The molecule has 0 aliphatic carbocycles. The zero-order valence-corrected chi connectivity index (χ0v) is 9.73. The van der Waals surface area contributed by atoms with Crippen LogP contribution in [0.4, 0.5) is 8.78 Å². The van der Waals surface area contributed by atoms with Gasteiger partial charge in [-0.15, -0.1) is 0 Å². The Labute approximate surface area is 87.4 Å². The van der Waals surface area contributed by atoms with E-state index in [1.165, 1.54) is 6.07 Å². The zero-order valence-electron chi connectivity index (χ0n) is 4.97. The third kappa shape index (κ3) is 1.81. The van der Waals surface area contributed by atoms with Crippen molar-refractivity contribution in [3.63, 3.8) is 0 Å². The van der Waals surface area contributed by atoms with Gasteiger partial charge in [-0.1, -0.05) is 0 Å². The van der Waals surface area contributed by atoms with Crippen molar-refractivity contribution in [2.75, 3.05) is 0 Å². The zero-order chi connectivity index (χ0) is 8.59. The van der Waals surface area contributed by atoms with Crippen LogP contribution in [0.15, 0.2) is 19.5 Å². The molecule has 1 aromatic rings. The van der Waals surface area contributed by atoms with E-state index in [2.05, 4.69) is 47.8 Å². The van der Waals surface area contributed by atoms with E-state index in [4.69, 9.17) is 0 Å². The van der Waals surface area contributed by atoms with Gasteiger partial charge in [-0.25, -0.2) is 8.78 Å². The fourth-order valence-corrected chi connectivity index (χ4v) is 1.81. The molecule has 0 nitrogen and oxygen atoms in total. The highest BCUT2D eigenvalue weighted by Gasteiger charge is 2.12. The Hall–Kier alpha value is 0.520. The van der Waals surface area contributed by atoms with Gasteiger partial charge in [0.25, 0.3) is 0 Å². The van der Waals surface area contributed by atoms with E-state index in [9.17, 15) is 8.78 Å². The molecule has 1 aromatic carbocycles. The molecule has 0 N–H and O–H groups in total. The number of hydrogen-bond donors (Lipinski definition) is 0. The van der Waals surface area contributed by atoms with Crippen LogP contribution in [0.25, 0.3) is 0 Å². The standard InChI is InChI=1S/C6HBr3F2/c7-2-1-3(10)5(9)6(11)4(2)8/h1H. The summed E-state index contributed by atoms with van der Waals surface area (Å²) in [7, 11) is 0. The van der Waals surface area contributed by atoms with Crippen LogP contribution in [0.5, 0.6) is 0 Å². The van der Waals surface area contributed by atoms with Crippen molar-refractivity contribution in [3.8, 4) is 0 Å². The maximum absolute atomic E-state index is 12.9. The third-order valence-electron chi connectivity index (χ3n) is 1.06. The second-order valence-electron chi connectivity index (χ2n) is 1.78. The van der Waals surface area contributed by atoms with Crippen LogP contribution >= 0.6 is 47.8 Å². The van der Waals surface area contributed by atoms with Crippen molar-refractivity contribution in [2.24, 2.45) is 0 Å². The van der Waals surface area contributed by atoms with Crippen molar-refractivity contribution in [1.29, 1.82) is 0 Å². The molecule has 0 aromatic heterocycles. The van der Waals surface area contributed by atoms with Gasteiger partial charge in [0.15, 0.2) is 5.82 Å². The minimum absolute atomic E-state index is 0.160. The predicted molar refractivity (Wildman–Crippen MR) is 49.5 cm³/mol. The van der Waals surface area contributed by atoms with Gasteiger partial charge < -0.3 is 0 Å². The summed E-state index contributed by atoms with van der Waals surface area (Å²) in [5.41, 5.74) is 0. The van der Waals surface area contributed by atoms with Gasteiger partial charge in [0, 0.05) is 4.47 Å². The van der Waals surface area contributed by atoms with Crippen LogP contribution < -0.4 is 0 Å². The first kappa shape index (κ1) is 9.61. The fourth-order valence-electron chi connectivity index (χ4n) is 0.544. The number of hydrogen-bond acceptors (Lipinski definition) is 0. The summed E-state index contributed by atoms with van der Waals surface area (Å²) in [6.45, 7) is 0. The lowest BCUT2D eigenvalue weighted by atomic mass is 10.3. The third-order valence-corrected chi connectivity index (χ3v) is 3.72. The van der Waals surface area contributed by atoms with E-state index in [1.54, 1.807) is 0 Å². The Kier molecular flexibility index (Phi) is 3.05. The molecule has 0 heterocycles. The molecule has 11 heavy (non-hydrogen) atoms. The molecule has 0 fully saturated rings. The molecule has 60 valence electrons. The number of benzene rings is 1. The van der Waals surface area contributed by atoms with E-state index in [0.29, 0.717) is 4.47 Å². The highest BCUT2D eigenvalue weighted by atomic mass is 79.9. The van der Waals surface area contributed by atoms with Crippen LogP contribution in [0.2, 0.25) is 0 Å². The minimum atomic E-state index is -0.642. The van der Waals surface area contributed by atoms with Crippen LogP contribution in [0, 0.1) is 11.6 Å². The first-order valence-electron chi connectivity index (χ1n) is 2.52. The Morgan fingerprint density at radius 2 is 1.55 bits per heavy atom. The molecule has 0 aliphatic heterocycles. The van der Waals surface area contributed by atoms with E-state index in [0.717, 1.165) is 0 Å². The highest BCUT2D eigenvalue weighted by molar-refractivity contribution is 9.13. The molecule has 0 saturated carbocycles. The van der Waals surface area contributed by atoms with E-state index in [-0.39, 0.29) is 8.95 Å². The van der Waals surface area contributed by atoms with Crippen molar-refractivity contribution in [2.45, 2.75) is 0 Å². The maximum atomic E-state index is 12.9. The summed E-state index contributed by atoms with van der Waals surface area (Å²) in [6, 6.07) is 1.18. The lowest BCUT2D eigenvalue weighted by Crippen LogP contribution is -1.86. The van der Waals surface area contributed by atoms with E-state index >= 15 is 0 Å². The lowest BCUT2D eigenvalue weighted by molar-refractivity contribution is 0.566. The minimum Gasteiger partial charge on any atom is -0.206 e. The Balaban J connectivity index is 3.46. The Bertz CT molecular complexity index is 272. The van der Waals surface area contributed by atoms with Crippen molar-refractivity contribution < 1.29 is 8.78 Å². The molecular formula is C6HBr3F2. The Morgan fingerprint density at radius 3 is 2.09 bits per heavy atom. The van der Waals surface area contributed by atoms with Crippen LogP contribution in [-0.4, -0.2) is 0 Å². The average molecular weight is 351 g/mol. The first-order valence-corrected chi connectivity index (χ1v) is 4.90.